The highest BCUT2D eigenvalue weighted by atomic mass is 16.5. The minimum atomic E-state index is 0.521. The number of fused-ring (bicyclic) bond motifs is 1. The second-order valence-corrected chi connectivity index (χ2v) is 5.41. The number of nitrogens with one attached hydrogen (secondary N) is 1. The van der Waals surface area contributed by atoms with Crippen LogP contribution in [-0.4, -0.2) is 21.2 Å². The molecule has 1 N–H and O–H groups in total. The van der Waals surface area contributed by atoms with Gasteiger partial charge in [0.1, 0.15) is 5.75 Å². The number of nitrogens with zero attached hydrogens (tertiary/aromatic N) is 4. The Kier molecular flexibility index (Phi) is 5.38. The monoisotopic (exact) mass is 321 g/mol. The molecule has 0 saturated heterocycles. The van der Waals surface area contributed by atoms with Gasteiger partial charge in [-0.3, -0.25) is 4.40 Å². The third-order valence-electron chi connectivity index (χ3n) is 3.60. The van der Waals surface area contributed by atoms with Crippen LogP contribution in [0.3, 0.4) is 0 Å². The number of ether oxygens (including phenoxy) is 1. The van der Waals surface area contributed by atoms with E-state index in [0.717, 1.165) is 35.8 Å². The van der Waals surface area contributed by atoms with Crippen molar-refractivity contribution >= 4 is 5.65 Å². The topological polar surface area (TPSA) is 75.2 Å². The molecule has 3 rings (SSSR count). The quantitative estimate of drug-likeness (QED) is 0.646. The lowest BCUT2D eigenvalue weighted by Gasteiger charge is -2.08. The fraction of sp³-hybridized carbons (Fsp3) is 0.278. The predicted molar refractivity (Wildman–Crippen MR) is 90.3 cm³/mol. The third-order valence-corrected chi connectivity index (χ3v) is 3.60. The molecule has 24 heavy (non-hydrogen) atoms. The van der Waals surface area contributed by atoms with Gasteiger partial charge in [-0.1, -0.05) is 18.2 Å². The van der Waals surface area contributed by atoms with E-state index in [0.29, 0.717) is 19.6 Å². The molecule has 1 aromatic carbocycles. The molecule has 0 aliphatic rings. The molecule has 2 aromatic heterocycles. The summed E-state index contributed by atoms with van der Waals surface area (Å²) in [5, 5.41) is 20.2. The first kappa shape index (κ1) is 16.0. The smallest absolute Gasteiger partial charge is 0.160 e. The van der Waals surface area contributed by atoms with Crippen molar-refractivity contribution in [2.24, 2.45) is 0 Å². The van der Waals surface area contributed by atoms with Crippen LogP contribution in [0.1, 0.15) is 24.2 Å². The van der Waals surface area contributed by atoms with Gasteiger partial charge in [-0.05, 0) is 36.2 Å². The van der Waals surface area contributed by atoms with E-state index in [1.54, 1.807) is 0 Å². The van der Waals surface area contributed by atoms with Crippen molar-refractivity contribution in [1.82, 2.24) is 19.9 Å². The van der Waals surface area contributed by atoms with Crippen molar-refractivity contribution in [3.05, 3.63) is 60.0 Å². The van der Waals surface area contributed by atoms with Gasteiger partial charge in [-0.2, -0.15) is 5.26 Å². The zero-order valence-electron chi connectivity index (χ0n) is 13.4. The Morgan fingerprint density at radius 2 is 2.08 bits per heavy atom. The molecule has 0 saturated carbocycles. The minimum Gasteiger partial charge on any atom is -0.494 e. The van der Waals surface area contributed by atoms with Crippen molar-refractivity contribution < 1.29 is 4.74 Å². The van der Waals surface area contributed by atoms with E-state index in [1.165, 1.54) is 0 Å². The summed E-state index contributed by atoms with van der Waals surface area (Å²) < 4.78 is 7.63. The Morgan fingerprint density at radius 3 is 3.00 bits per heavy atom. The number of aromatic nitrogens is 3. The van der Waals surface area contributed by atoms with Gasteiger partial charge in [0.05, 0.1) is 19.2 Å². The number of rotatable bonds is 8. The lowest BCUT2D eigenvalue weighted by atomic mass is 10.2. The Morgan fingerprint density at radius 1 is 1.12 bits per heavy atom. The van der Waals surface area contributed by atoms with Gasteiger partial charge in [0, 0.05) is 19.2 Å². The van der Waals surface area contributed by atoms with Crippen LogP contribution >= 0.6 is 0 Å². The lowest BCUT2D eigenvalue weighted by molar-refractivity contribution is 0.312. The molecule has 0 fully saturated rings. The van der Waals surface area contributed by atoms with Crippen molar-refractivity contribution in [3.63, 3.8) is 0 Å². The van der Waals surface area contributed by atoms with Gasteiger partial charge in [0.15, 0.2) is 11.5 Å². The lowest BCUT2D eigenvalue weighted by Crippen LogP contribution is -2.15. The SMILES string of the molecule is N#CCCCOc1cccc(CNCc2nnc3ccccn23)c1. The molecule has 0 radical (unpaired) electrons. The van der Waals surface area contributed by atoms with Crippen molar-refractivity contribution in [2.45, 2.75) is 25.9 Å². The van der Waals surface area contributed by atoms with Gasteiger partial charge in [-0.15, -0.1) is 10.2 Å². The molecule has 6 heteroatoms. The maximum atomic E-state index is 8.52. The summed E-state index contributed by atoms with van der Waals surface area (Å²) in [7, 11) is 0. The zero-order chi connectivity index (χ0) is 16.6. The number of hydrogen-bond acceptors (Lipinski definition) is 5. The van der Waals surface area contributed by atoms with Crippen molar-refractivity contribution in [3.8, 4) is 11.8 Å². The molecule has 2 heterocycles. The van der Waals surface area contributed by atoms with Gasteiger partial charge >= 0.3 is 0 Å². The van der Waals surface area contributed by atoms with E-state index in [4.69, 9.17) is 10.00 Å². The summed E-state index contributed by atoms with van der Waals surface area (Å²) in [4.78, 5) is 0. The first-order valence-corrected chi connectivity index (χ1v) is 7.95. The molecule has 122 valence electrons. The highest BCUT2D eigenvalue weighted by Gasteiger charge is 2.04. The van der Waals surface area contributed by atoms with E-state index in [2.05, 4.69) is 27.6 Å². The summed E-state index contributed by atoms with van der Waals surface area (Å²) >= 11 is 0. The summed E-state index contributed by atoms with van der Waals surface area (Å²) in [6.07, 6.45) is 3.23. The highest BCUT2D eigenvalue weighted by Crippen LogP contribution is 2.14. The fourth-order valence-electron chi connectivity index (χ4n) is 2.42. The summed E-state index contributed by atoms with van der Waals surface area (Å²) in [6, 6.07) is 15.9. The molecule has 0 unspecified atom stereocenters. The molecule has 6 nitrogen and oxygen atoms in total. The first-order chi connectivity index (χ1) is 11.9. The number of pyridine rings is 1. The molecule has 0 atom stereocenters. The average Bonchev–Trinajstić information content (AvgIpc) is 3.03. The number of unbranched alkanes of at least 4 members (excludes halogenated alkanes) is 1. The van der Waals surface area contributed by atoms with Gasteiger partial charge in [0.2, 0.25) is 0 Å². The van der Waals surface area contributed by atoms with E-state index in [-0.39, 0.29) is 0 Å². The standard InChI is InChI=1S/C18H19N5O/c19-9-2-4-11-24-16-7-5-6-15(12-16)13-20-14-18-22-21-17-8-1-3-10-23(17)18/h1,3,5-8,10,12,20H,2,4,11,13-14H2. The highest BCUT2D eigenvalue weighted by molar-refractivity contribution is 5.37. The molecule has 0 spiro atoms. The molecule has 0 aliphatic heterocycles. The number of nitriles is 1. The van der Waals surface area contributed by atoms with E-state index < -0.39 is 0 Å². The van der Waals surface area contributed by atoms with Crippen LogP contribution in [0.5, 0.6) is 5.75 Å². The normalized spacial score (nSPS) is 10.6. The van der Waals surface area contributed by atoms with Crippen LogP contribution in [0.2, 0.25) is 0 Å². The second kappa shape index (κ2) is 8.09. The largest absolute Gasteiger partial charge is 0.494 e. The Hall–Kier alpha value is -2.91. The van der Waals surface area contributed by atoms with Crippen LogP contribution in [-0.2, 0) is 13.1 Å². The van der Waals surface area contributed by atoms with Crippen molar-refractivity contribution in [2.75, 3.05) is 6.61 Å². The van der Waals surface area contributed by atoms with E-state index >= 15 is 0 Å². The Balaban J connectivity index is 1.52. The number of hydrogen-bond donors (Lipinski definition) is 1. The van der Waals surface area contributed by atoms with Crippen LogP contribution < -0.4 is 10.1 Å². The molecular weight excluding hydrogens is 302 g/mol. The van der Waals surface area contributed by atoms with Crippen molar-refractivity contribution in [1.29, 1.82) is 5.26 Å². The van der Waals surface area contributed by atoms with Crippen LogP contribution in [0.25, 0.3) is 5.65 Å². The van der Waals surface area contributed by atoms with Crippen LogP contribution in [0, 0.1) is 11.3 Å². The van der Waals surface area contributed by atoms with Gasteiger partial charge in [0.25, 0.3) is 0 Å². The molecule has 0 aliphatic carbocycles. The molecule has 0 bridgehead atoms. The minimum absolute atomic E-state index is 0.521. The number of benzene rings is 1. The maximum Gasteiger partial charge on any atom is 0.160 e. The van der Waals surface area contributed by atoms with E-state index in [1.807, 2.05) is 47.0 Å². The average molecular weight is 321 g/mol. The van der Waals surface area contributed by atoms with E-state index in [9.17, 15) is 0 Å². The predicted octanol–water partition coefficient (Wildman–Crippen LogP) is 2.70. The molecule has 3 aromatic rings. The summed E-state index contributed by atoms with van der Waals surface area (Å²) in [5.74, 6) is 1.72. The zero-order valence-corrected chi connectivity index (χ0v) is 13.4. The third kappa shape index (κ3) is 4.09. The Labute approximate surface area is 140 Å². The fourth-order valence-corrected chi connectivity index (χ4v) is 2.42. The van der Waals surface area contributed by atoms with Gasteiger partial charge in [-0.25, -0.2) is 0 Å². The maximum absolute atomic E-state index is 8.52. The second-order valence-electron chi connectivity index (χ2n) is 5.41. The molecular formula is C18H19N5O. The molecule has 0 amide bonds. The van der Waals surface area contributed by atoms with Gasteiger partial charge < -0.3 is 10.1 Å². The first-order valence-electron chi connectivity index (χ1n) is 7.95. The Bertz CT molecular complexity index is 837. The summed E-state index contributed by atoms with van der Waals surface area (Å²) in [5.41, 5.74) is 1.99. The summed E-state index contributed by atoms with van der Waals surface area (Å²) in [6.45, 7) is 1.92. The van der Waals surface area contributed by atoms with Crippen LogP contribution in [0.15, 0.2) is 48.7 Å². The van der Waals surface area contributed by atoms with Crippen LogP contribution in [0.4, 0.5) is 0 Å².